The zero-order valence-electron chi connectivity index (χ0n) is 6.37. The molecular formula is C6H11N3OS. The van der Waals surface area contributed by atoms with Gasteiger partial charge in [0.15, 0.2) is 0 Å². The van der Waals surface area contributed by atoms with Crippen molar-refractivity contribution in [3.8, 4) is 0 Å². The molecule has 5 heteroatoms. The molecule has 0 fully saturated rings. The number of aliphatic hydroxyl groups excluding tert-OH is 1. The van der Waals surface area contributed by atoms with E-state index in [1.54, 1.807) is 4.68 Å². The number of aromatic amines is 1. The molecule has 0 aromatic carbocycles. The van der Waals surface area contributed by atoms with E-state index in [0.717, 1.165) is 18.7 Å². The van der Waals surface area contributed by atoms with E-state index in [1.165, 1.54) is 0 Å². The molecule has 62 valence electrons. The second kappa shape index (κ2) is 3.64. The molecule has 0 radical (unpaired) electrons. The van der Waals surface area contributed by atoms with E-state index < -0.39 is 0 Å². The van der Waals surface area contributed by atoms with E-state index >= 15 is 0 Å². The van der Waals surface area contributed by atoms with Crippen LogP contribution in [-0.2, 0) is 13.5 Å². The summed E-state index contributed by atoms with van der Waals surface area (Å²) >= 11 is 4.88. The summed E-state index contributed by atoms with van der Waals surface area (Å²) < 4.78 is 2.24. The zero-order chi connectivity index (χ0) is 8.27. The van der Waals surface area contributed by atoms with Crippen LogP contribution in [0.5, 0.6) is 0 Å². The third-order valence-electron chi connectivity index (χ3n) is 1.39. The average Bonchev–Trinajstić information content (AvgIpc) is 2.28. The van der Waals surface area contributed by atoms with Gasteiger partial charge < -0.3 is 5.11 Å². The summed E-state index contributed by atoms with van der Waals surface area (Å²) in [6.45, 7) is 0.192. The van der Waals surface area contributed by atoms with E-state index in [1.807, 2.05) is 7.05 Å². The molecule has 4 nitrogen and oxygen atoms in total. The largest absolute Gasteiger partial charge is 0.396 e. The maximum absolute atomic E-state index is 8.53. The minimum atomic E-state index is 0.192. The van der Waals surface area contributed by atoms with Crippen molar-refractivity contribution < 1.29 is 5.11 Å². The van der Waals surface area contributed by atoms with Gasteiger partial charge in [0.05, 0.1) is 0 Å². The summed E-state index contributed by atoms with van der Waals surface area (Å²) in [7, 11) is 1.82. The highest BCUT2D eigenvalue weighted by atomic mass is 32.1. The van der Waals surface area contributed by atoms with Gasteiger partial charge in [-0.2, -0.15) is 0 Å². The summed E-state index contributed by atoms with van der Waals surface area (Å²) in [6, 6.07) is 0. The fourth-order valence-corrected chi connectivity index (χ4v) is 0.971. The van der Waals surface area contributed by atoms with Crippen LogP contribution in [0.15, 0.2) is 0 Å². The number of aromatic nitrogens is 3. The Balaban J connectivity index is 2.65. The van der Waals surface area contributed by atoms with E-state index in [2.05, 4.69) is 10.1 Å². The molecule has 0 aliphatic heterocycles. The molecule has 0 atom stereocenters. The fourth-order valence-electron chi connectivity index (χ4n) is 0.815. The molecular weight excluding hydrogens is 162 g/mol. The van der Waals surface area contributed by atoms with Gasteiger partial charge in [-0.1, -0.05) is 0 Å². The minimum Gasteiger partial charge on any atom is -0.396 e. The summed E-state index contributed by atoms with van der Waals surface area (Å²) in [6.07, 6.45) is 1.48. The molecule has 1 aromatic heterocycles. The predicted octanol–water partition coefficient (Wildman–Crippen LogP) is 0.403. The lowest BCUT2D eigenvalue weighted by Crippen LogP contribution is -1.94. The molecule has 0 unspecified atom stereocenters. The van der Waals surface area contributed by atoms with Crippen LogP contribution in [-0.4, -0.2) is 26.5 Å². The Hall–Kier alpha value is -0.680. The molecule has 1 aromatic rings. The van der Waals surface area contributed by atoms with Gasteiger partial charge in [0.2, 0.25) is 4.77 Å². The van der Waals surface area contributed by atoms with Crippen molar-refractivity contribution >= 4 is 12.2 Å². The highest BCUT2D eigenvalue weighted by Crippen LogP contribution is 1.94. The molecule has 1 heterocycles. The quantitative estimate of drug-likeness (QED) is 0.651. The SMILES string of the molecule is Cn1[nH]c(CCCO)nc1=S. The van der Waals surface area contributed by atoms with Crippen LogP contribution < -0.4 is 0 Å². The van der Waals surface area contributed by atoms with Crippen molar-refractivity contribution in [3.05, 3.63) is 10.6 Å². The Morgan fingerprint density at radius 3 is 2.91 bits per heavy atom. The van der Waals surface area contributed by atoms with Crippen molar-refractivity contribution in [3.63, 3.8) is 0 Å². The zero-order valence-corrected chi connectivity index (χ0v) is 7.19. The van der Waals surface area contributed by atoms with Crippen molar-refractivity contribution in [2.24, 2.45) is 7.05 Å². The van der Waals surface area contributed by atoms with Gasteiger partial charge in [-0.15, -0.1) is 0 Å². The van der Waals surface area contributed by atoms with Crippen LogP contribution in [0, 0.1) is 4.77 Å². The molecule has 11 heavy (non-hydrogen) atoms. The van der Waals surface area contributed by atoms with E-state index in [9.17, 15) is 0 Å². The van der Waals surface area contributed by atoms with Crippen LogP contribution in [0.1, 0.15) is 12.2 Å². The van der Waals surface area contributed by atoms with Gasteiger partial charge in [0, 0.05) is 20.1 Å². The van der Waals surface area contributed by atoms with Crippen LogP contribution in [0.4, 0.5) is 0 Å². The van der Waals surface area contributed by atoms with Crippen molar-refractivity contribution in [2.45, 2.75) is 12.8 Å². The monoisotopic (exact) mass is 173 g/mol. The highest BCUT2D eigenvalue weighted by molar-refractivity contribution is 7.71. The number of nitrogens with zero attached hydrogens (tertiary/aromatic N) is 2. The summed E-state index contributed by atoms with van der Waals surface area (Å²) in [5.41, 5.74) is 0. The normalized spacial score (nSPS) is 10.4. The molecule has 1 rings (SSSR count). The molecule has 0 amide bonds. The van der Waals surface area contributed by atoms with Gasteiger partial charge >= 0.3 is 0 Å². The Morgan fingerprint density at radius 2 is 2.45 bits per heavy atom. The molecule has 0 aliphatic rings. The second-order valence-electron chi connectivity index (χ2n) is 2.34. The Bertz CT molecular complexity index is 278. The molecule has 2 N–H and O–H groups in total. The molecule has 0 saturated heterocycles. The van der Waals surface area contributed by atoms with Gasteiger partial charge in [0.25, 0.3) is 0 Å². The lowest BCUT2D eigenvalue weighted by atomic mass is 10.3. The summed E-state index contributed by atoms with van der Waals surface area (Å²) in [5, 5.41) is 11.5. The van der Waals surface area contributed by atoms with Gasteiger partial charge in [-0.25, -0.2) is 4.98 Å². The first-order valence-corrected chi connectivity index (χ1v) is 3.87. The Kier molecular flexibility index (Phi) is 2.78. The standard InChI is InChI=1S/C6H11N3OS/c1-9-6(11)7-5(8-9)3-2-4-10/h10H,2-4H2,1H3,(H,7,8,11). The first-order chi connectivity index (χ1) is 5.24. The minimum absolute atomic E-state index is 0.192. The number of aryl methyl sites for hydroxylation is 2. The molecule has 0 aliphatic carbocycles. The third-order valence-corrected chi connectivity index (χ3v) is 1.75. The predicted molar refractivity (Wildman–Crippen MR) is 43.8 cm³/mol. The van der Waals surface area contributed by atoms with Gasteiger partial charge in [-0.3, -0.25) is 9.78 Å². The van der Waals surface area contributed by atoms with Crippen molar-refractivity contribution in [1.82, 2.24) is 14.8 Å². The lowest BCUT2D eigenvalue weighted by Gasteiger charge is -1.91. The van der Waals surface area contributed by atoms with E-state index in [0.29, 0.717) is 4.77 Å². The first kappa shape index (κ1) is 8.42. The van der Waals surface area contributed by atoms with Crippen LogP contribution in [0.25, 0.3) is 0 Å². The molecule has 0 bridgehead atoms. The molecule has 0 spiro atoms. The first-order valence-electron chi connectivity index (χ1n) is 3.47. The van der Waals surface area contributed by atoms with Crippen molar-refractivity contribution in [2.75, 3.05) is 6.61 Å². The average molecular weight is 173 g/mol. The van der Waals surface area contributed by atoms with Crippen LogP contribution in [0.2, 0.25) is 0 Å². The maximum Gasteiger partial charge on any atom is 0.215 e. The Labute approximate surface area is 69.9 Å². The number of hydrogen-bond donors (Lipinski definition) is 2. The number of aliphatic hydroxyl groups is 1. The smallest absolute Gasteiger partial charge is 0.215 e. The molecule has 0 saturated carbocycles. The third kappa shape index (κ3) is 2.13. The summed E-state index contributed by atoms with van der Waals surface area (Å²) in [5.74, 6) is 0.839. The van der Waals surface area contributed by atoms with Gasteiger partial charge in [-0.05, 0) is 18.6 Å². The number of rotatable bonds is 3. The van der Waals surface area contributed by atoms with Crippen LogP contribution in [0.3, 0.4) is 0 Å². The Morgan fingerprint density at radius 1 is 1.73 bits per heavy atom. The maximum atomic E-state index is 8.53. The van der Waals surface area contributed by atoms with Crippen LogP contribution >= 0.6 is 12.2 Å². The number of H-pyrrole nitrogens is 1. The lowest BCUT2D eigenvalue weighted by molar-refractivity contribution is 0.287. The summed E-state index contributed by atoms with van der Waals surface area (Å²) in [4.78, 5) is 4.06. The van der Waals surface area contributed by atoms with Crippen molar-refractivity contribution in [1.29, 1.82) is 0 Å². The van der Waals surface area contributed by atoms with E-state index in [-0.39, 0.29) is 6.61 Å². The number of hydrogen-bond acceptors (Lipinski definition) is 3. The number of nitrogens with one attached hydrogen (secondary N) is 1. The van der Waals surface area contributed by atoms with Gasteiger partial charge in [0.1, 0.15) is 5.82 Å². The second-order valence-corrected chi connectivity index (χ2v) is 2.70. The van der Waals surface area contributed by atoms with E-state index in [4.69, 9.17) is 17.3 Å². The fraction of sp³-hybridized carbons (Fsp3) is 0.667. The highest BCUT2D eigenvalue weighted by Gasteiger charge is 1.97. The topological polar surface area (TPSA) is 53.8 Å².